The lowest BCUT2D eigenvalue weighted by molar-refractivity contribution is -0.126. The van der Waals surface area contributed by atoms with Gasteiger partial charge in [-0.25, -0.2) is 9.78 Å². The van der Waals surface area contributed by atoms with Crippen LogP contribution in [0.4, 0.5) is 5.69 Å². The third-order valence-electron chi connectivity index (χ3n) is 5.99. The number of amides is 2. The third-order valence-corrected chi connectivity index (χ3v) is 5.99. The minimum Gasteiger partial charge on any atom is -0.464 e. The Kier molecular flexibility index (Phi) is 6.00. The van der Waals surface area contributed by atoms with E-state index in [9.17, 15) is 14.4 Å². The molecule has 0 fully saturated rings. The number of para-hydroxylation sites is 1. The zero-order chi connectivity index (χ0) is 23.6. The topological polar surface area (TPSA) is 93.5 Å². The minimum absolute atomic E-state index is 0.0618. The molecule has 2 amide bonds. The monoisotopic (exact) mass is 446 g/mol. The average molecular weight is 447 g/mol. The molecule has 33 heavy (non-hydrogen) atoms. The van der Waals surface area contributed by atoms with Crippen LogP contribution in [0.5, 0.6) is 0 Å². The number of benzene rings is 2. The molecule has 1 aromatic heterocycles. The van der Waals surface area contributed by atoms with Crippen LogP contribution in [0.3, 0.4) is 0 Å². The summed E-state index contributed by atoms with van der Waals surface area (Å²) in [6, 6.07) is 17.1. The predicted molar refractivity (Wildman–Crippen MR) is 123 cm³/mol. The molecular weight excluding hydrogens is 420 g/mol. The zero-order valence-corrected chi connectivity index (χ0v) is 18.9. The van der Waals surface area contributed by atoms with Crippen molar-refractivity contribution in [3.05, 3.63) is 83.4 Å². The second kappa shape index (κ2) is 8.90. The first kappa shape index (κ1) is 22.3. The van der Waals surface area contributed by atoms with Crippen LogP contribution in [-0.4, -0.2) is 40.0 Å². The predicted octanol–water partition coefficient (Wildman–Crippen LogP) is 2.97. The Bertz CT molecular complexity index is 1200. The minimum atomic E-state index is -1.25. The van der Waals surface area contributed by atoms with Gasteiger partial charge in [-0.15, -0.1) is 0 Å². The van der Waals surface area contributed by atoms with Gasteiger partial charge in [0.25, 0.3) is 5.91 Å². The van der Waals surface area contributed by atoms with Crippen molar-refractivity contribution in [2.24, 2.45) is 0 Å². The summed E-state index contributed by atoms with van der Waals surface area (Å²) < 4.78 is 6.37. The molecule has 0 aliphatic carbocycles. The number of anilines is 1. The summed E-state index contributed by atoms with van der Waals surface area (Å²) in [5.74, 6) is -1.47. The van der Waals surface area contributed by atoms with Crippen molar-refractivity contribution in [1.29, 1.82) is 0 Å². The maximum Gasteiger partial charge on any atom is 0.359 e. The van der Waals surface area contributed by atoms with Gasteiger partial charge >= 0.3 is 5.97 Å². The maximum absolute atomic E-state index is 13.9. The van der Waals surface area contributed by atoms with E-state index >= 15 is 0 Å². The van der Waals surface area contributed by atoms with Gasteiger partial charge in [-0.3, -0.25) is 14.5 Å². The molecule has 0 saturated carbocycles. The van der Waals surface area contributed by atoms with Gasteiger partial charge < -0.3 is 14.6 Å². The molecule has 2 heterocycles. The lowest BCUT2D eigenvalue weighted by atomic mass is 9.92. The Balaban J connectivity index is 1.79. The number of aromatic nitrogens is 2. The van der Waals surface area contributed by atoms with Crippen LogP contribution in [0.15, 0.2) is 60.9 Å². The molecule has 1 unspecified atom stereocenters. The van der Waals surface area contributed by atoms with Crippen LogP contribution in [0.2, 0.25) is 0 Å². The summed E-state index contributed by atoms with van der Waals surface area (Å²) in [7, 11) is 1.24. The number of methoxy groups -OCH3 is 1. The molecule has 4 rings (SSSR count). The molecule has 8 heteroatoms. The lowest BCUT2D eigenvalue weighted by Crippen LogP contribution is -2.64. The number of ether oxygens (including phenoxy) is 1. The summed E-state index contributed by atoms with van der Waals surface area (Å²) in [4.78, 5) is 45.3. The molecule has 0 saturated heterocycles. The number of hydrogen-bond acceptors (Lipinski definition) is 5. The van der Waals surface area contributed by atoms with E-state index in [1.165, 1.54) is 18.3 Å². The summed E-state index contributed by atoms with van der Waals surface area (Å²) in [5.41, 5.74) is 1.30. The molecule has 8 nitrogen and oxygen atoms in total. The Morgan fingerprint density at radius 1 is 1.12 bits per heavy atom. The van der Waals surface area contributed by atoms with Crippen molar-refractivity contribution >= 4 is 23.5 Å². The Hall–Kier alpha value is -3.94. The van der Waals surface area contributed by atoms with Gasteiger partial charge in [0, 0.05) is 12.2 Å². The highest BCUT2D eigenvalue weighted by molar-refractivity contribution is 6.15. The average Bonchev–Trinajstić information content (AvgIpc) is 3.26. The number of hydrogen-bond donors (Lipinski definition) is 1. The van der Waals surface area contributed by atoms with Crippen molar-refractivity contribution in [3.8, 4) is 0 Å². The van der Waals surface area contributed by atoms with E-state index < -0.39 is 17.4 Å². The van der Waals surface area contributed by atoms with Crippen LogP contribution < -0.4 is 10.2 Å². The fourth-order valence-corrected chi connectivity index (χ4v) is 4.25. The summed E-state index contributed by atoms with van der Waals surface area (Å²) in [6.07, 6.45) is 2.08. The van der Waals surface area contributed by atoms with E-state index in [0.717, 1.165) is 11.1 Å². The van der Waals surface area contributed by atoms with Crippen LogP contribution in [0, 0.1) is 0 Å². The van der Waals surface area contributed by atoms with Gasteiger partial charge in [0.15, 0.2) is 5.69 Å². The van der Waals surface area contributed by atoms with Crippen molar-refractivity contribution in [1.82, 2.24) is 14.9 Å². The number of imidazole rings is 1. The molecule has 0 spiro atoms. The third kappa shape index (κ3) is 3.88. The van der Waals surface area contributed by atoms with E-state index in [1.54, 1.807) is 11.5 Å². The van der Waals surface area contributed by atoms with E-state index in [0.29, 0.717) is 18.7 Å². The highest BCUT2D eigenvalue weighted by Crippen LogP contribution is 2.36. The summed E-state index contributed by atoms with van der Waals surface area (Å²) in [5, 5.41) is 2.98. The number of aryl methyl sites for hydroxylation is 1. The standard InChI is InChI=1S/C25H26N4O4/c1-4-18-12-8-9-13-19(18)29-22(30)21-20(23(31)33-3)27-16-28(21)15-25(29,2)24(32)26-14-17-10-6-5-7-11-17/h5-13,16H,4,14-15H2,1-3H3,(H,26,32). The van der Waals surface area contributed by atoms with E-state index in [-0.39, 0.29) is 23.8 Å². The molecule has 2 aromatic carbocycles. The van der Waals surface area contributed by atoms with Crippen LogP contribution >= 0.6 is 0 Å². The molecule has 170 valence electrons. The van der Waals surface area contributed by atoms with Gasteiger partial charge in [0.2, 0.25) is 5.91 Å². The highest BCUT2D eigenvalue weighted by atomic mass is 16.5. The van der Waals surface area contributed by atoms with Gasteiger partial charge in [0.05, 0.1) is 20.0 Å². The van der Waals surface area contributed by atoms with E-state index in [1.807, 2.05) is 61.5 Å². The molecule has 1 atom stereocenters. The Labute approximate surface area is 192 Å². The fraction of sp³-hybridized carbons (Fsp3) is 0.280. The van der Waals surface area contributed by atoms with Crippen LogP contribution in [0.1, 0.15) is 46.0 Å². The van der Waals surface area contributed by atoms with Crippen molar-refractivity contribution in [2.75, 3.05) is 12.0 Å². The fourth-order valence-electron chi connectivity index (χ4n) is 4.25. The Morgan fingerprint density at radius 2 is 1.82 bits per heavy atom. The van der Waals surface area contributed by atoms with Gasteiger partial charge in [-0.1, -0.05) is 55.5 Å². The van der Waals surface area contributed by atoms with Crippen molar-refractivity contribution in [3.63, 3.8) is 0 Å². The largest absolute Gasteiger partial charge is 0.464 e. The molecule has 1 aliphatic rings. The van der Waals surface area contributed by atoms with Crippen LogP contribution in [-0.2, 0) is 29.0 Å². The van der Waals surface area contributed by atoms with Gasteiger partial charge in [-0.2, -0.15) is 0 Å². The normalized spacial score (nSPS) is 17.4. The molecule has 0 radical (unpaired) electrons. The highest BCUT2D eigenvalue weighted by Gasteiger charge is 2.50. The van der Waals surface area contributed by atoms with Crippen molar-refractivity contribution in [2.45, 2.75) is 38.9 Å². The number of carbonyl (C=O) groups excluding carboxylic acids is 3. The van der Waals surface area contributed by atoms with Crippen LogP contribution in [0.25, 0.3) is 0 Å². The second-order valence-electron chi connectivity index (χ2n) is 8.13. The number of fused-ring (bicyclic) bond motifs is 1. The second-order valence-corrected chi connectivity index (χ2v) is 8.13. The summed E-state index contributed by atoms with van der Waals surface area (Å²) in [6.45, 7) is 4.19. The molecule has 1 aliphatic heterocycles. The molecule has 1 N–H and O–H groups in total. The summed E-state index contributed by atoms with van der Waals surface area (Å²) >= 11 is 0. The molecular formula is C25H26N4O4. The zero-order valence-electron chi connectivity index (χ0n) is 18.9. The number of nitrogens with zero attached hydrogens (tertiary/aromatic N) is 3. The number of carbonyl (C=O) groups is 3. The first-order chi connectivity index (χ1) is 15.9. The van der Waals surface area contributed by atoms with Crippen molar-refractivity contribution < 1.29 is 19.1 Å². The first-order valence-electron chi connectivity index (χ1n) is 10.8. The lowest BCUT2D eigenvalue weighted by Gasteiger charge is -2.44. The smallest absolute Gasteiger partial charge is 0.359 e. The van der Waals surface area contributed by atoms with Gasteiger partial charge in [0.1, 0.15) is 11.2 Å². The van der Waals surface area contributed by atoms with Gasteiger partial charge in [-0.05, 0) is 30.5 Å². The maximum atomic E-state index is 13.9. The first-order valence-corrected chi connectivity index (χ1v) is 10.8. The number of nitrogens with one attached hydrogen (secondary N) is 1. The molecule has 3 aromatic rings. The van der Waals surface area contributed by atoms with E-state index in [2.05, 4.69) is 10.3 Å². The number of rotatable bonds is 6. The number of esters is 1. The SMILES string of the molecule is CCc1ccccc1N1C(=O)c2c(C(=O)OC)ncn2CC1(C)C(=O)NCc1ccccc1. The molecule has 0 bridgehead atoms. The van der Waals surface area contributed by atoms with E-state index in [4.69, 9.17) is 4.74 Å². The Morgan fingerprint density at radius 3 is 2.52 bits per heavy atom. The quantitative estimate of drug-likeness (QED) is 0.588.